The molecular formula is C18H32N4O3S. The minimum absolute atomic E-state index is 0.347. The molecule has 0 saturated carbocycles. The van der Waals surface area contributed by atoms with Crippen molar-refractivity contribution in [2.24, 2.45) is 4.99 Å². The fourth-order valence-electron chi connectivity index (χ4n) is 2.75. The molecule has 2 heterocycles. The van der Waals surface area contributed by atoms with Gasteiger partial charge in [0, 0.05) is 44.9 Å². The van der Waals surface area contributed by atoms with Crippen LogP contribution in [0.1, 0.15) is 12.7 Å². The minimum atomic E-state index is -0.869. The molecule has 1 saturated heterocycles. The molecule has 0 spiro atoms. The number of aliphatic imine (C=N–C) groups is 1. The van der Waals surface area contributed by atoms with Gasteiger partial charge in [0.1, 0.15) is 5.76 Å². The summed E-state index contributed by atoms with van der Waals surface area (Å²) in [6.07, 6.45) is 4.56. The van der Waals surface area contributed by atoms with Crippen LogP contribution in [0.4, 0.5) is 0 Å². The summed E-state index contributed by atoms with van der Waals surface area (Å²) in [7, 11) is 0. The normalized spacial score (nSPS) is 18.5. The zero-order chi connectivity index (χ0) is 18.7. The smallest absolute Gasteiger partial charge is 0.191 e. The molecule has 8 heteroatoms. The van der Waals surface area contributed by atoms with Crippen molar-refractivity contribution >= 4 is 17.7 Å². The molecule has 7 nitrogen and oxygen atoms in total. The Morgan fingerprint density at radius 1 is 1.35 bits per heavy atom. The second-order valence-electron chi connectivity index (χ2n) is 6.73. The van der Waals surface area contributed by atoms with Crippen LogP contribution >= 0.6 is 11.8 Å². The third-order valence-corrected chi connectivity index (χ3v) is 4.70. The van der Waals surface area contributed by atoms with Crippen LogP contribution < -0.4 is 10.6 Å². The first kappa shape index (κ1) is 21.1. The van der Waals surface area contributed by atoms with Crippen LogP contribution in [-0.4, -0.2) is 86.1 Å². The molecule has 148 valence electrons. The third kappa shape index (κ3) is 8.44. The summed E-state index contributed by atoms with van der Waals surface area (Å²) in [4.78, 5) is 6.82. The monoisotopic (exact) mass is 384 g/mol. The van der Waals surface area contributed by atoms with Gasteiger partial charge in [-0.25, -0.2) is 0 Å². The van der Waals surface area contributed by atoms with Crippen molar-refractivity contribution in [2.75, 3.05) is 64.5 Å². The summed E-state index contributed by atoms with van der Waals surface area (Å²) in [6.45, 7) is 7.53. The Kier molecular flexibility index (Phi) is 9.31. The SMILES string of the molecule is CSCCNC(=NCC(C)(O)CN1CCOCC1)NCCc1ccco1. The molecule has 0 aromatic carbocycles. The van der Waals surface area contributed by atoms with Gasteiger partial charge in [0.15, 0.2) is 5.96 Å². The number of β-amino-alcohol motifs (C(OH)–C–C–N with tert-alkyl or cyclic N) is 1. The molecule has 1 unspecified atom stereocenters. The number of thioether (sulfide) groups is 1. The summed E-state index contributed by atoms with van der Waals surface area (Å²) in [6, 6.07) is 3.86. The van der Waals surface area contributed by atoms with Crippen molar-refractivity contribution in [1.82, 2.24) is 15.5 Å². The predicted molar refractivity (Wildman–Crippen MR) is 107 cm³/mol. The van der Waals surface area contributed by atoms with E-state index in [-0.39, 0.29) is 0 Å². The first-order valence-electron chi connectivity index (χ1n) is 9.15. The maximum absolute atomic E-state index is 10.7. The molecule has 1 aromatic heterocycles. The van der Waals surface area contributed by atoms with Crippen LogP contribution in [0.3, 0.4) is 0 Å². The standard InChI is InChI=1S/C18H32N4O3S/c1-18(23,15-22-8-11-24-12-9-22)14-21-17(20-7-13-26-2)19-6-5-16-4-3-10-25-16/h3-4,10,23H,5-9,11-15H2,1-2H3,(H2,19,20,21). The van der Waals surface area contributed by atoms with E-state index in [0.717, 1.165) is 63.3 Å². The van der Waals surface area contributed by atoms with Crippen LogP contribution in [0, 0.1) is 0 Å². The van der Waals surface area contributed by atoms with Gasteiger partial charge >= 0.3 is 0 Å². The van der Waals surface area contributed by atoms with Gasteiger partial charge in [-0.2, -0.15) is 11.8 Å². The Bertz CT molecular complexity index is 517. The quantitative estimate of drug-likeness (QED) is 0.313. The highest BCUT2D eigenvalue weighted by molar-refractivity contribution is 7.98. The number of nitrogens with zero attached hydrogens (tertiary/aromatic N) is 2. The van der Waals surface area contributed by atoms with Crippen LogP contribution in [0.2, 0.25) is 0 Å². The van der Waals surface area contributed by atoms with Crippen molar-refractivity contribution in [3.05, 3.63) is 24.2 Å². The van der Waals surface area contributed by atoms with Crippen LogP contribution in [0.15, 0.2) is 27.8 Å². The van der Waals surface area contributed by atoms with E-state index in [1.165, 1.54) is 0 Å². The van der Waals surface area contributed by atoms with Crippen LogP contribution in [0.25, 0.3) is 0 Å². The van der Waals surface area contributed by atoms with E-state index < -0.39 is 5.60 Å². The lowest BCUT2D eigenvalue weighted by Crippen LogP contribution is -2.48. The van der Waals surface area contributed by atoms with Crippen molar-refractivity contribution < 1.29 is 14.3 Å². The molecule has 0 radical (unpaired) electrons. The summed E-state index contributed by atoms with van der Waals surface area (Å²) in [5.74, 6) is 2.68. The zero-order valence-corrected chi connectivity index (χ0v) is 16.7. The molecule has 3 N–H and O–H groups in total. The number of morpholine rings is 1. The average Bonchev–Trinajstić information content (AvgIpc) is 3.13. The topological polar surface area (TPSA) is 82.3 Å². The number of hydrogen-bond acceptors (Lipinski definition) is 6. The zero-order valence-electron chi connectivity index (χ0n) is 15.9. The van der Waals surface area contributed by atoms with Crippen molar-refractivity contribution in [3.8, 4) is 0 Å². The molecule has 0 amide bonds. The second-order valence-corrected chi connectivity index (χ2v) is 7.71. The molecule has 1 aliphatic rings. The maximum Gasteiger partial charge on any atom is 0.191 e. The number of guanidine groups is 1. The van der Waals surface area contributed by atoms with Gasteiger partial charge in [-0.3, -0.25) is 9.89 Å². The van der Waals surface area contributed by atoms with E-state index in [2.05, 4.69) is 26.8 Å². The number of ether oxygens (including phenoxy) is 1. The molecule has 1 atom stereocenters. The second kappa shape index (κ2) is 11.5. The van der Waals surface area contributed by atoms with E-state index in [9.17, 15) is 5.11 Å². The highest BCUT2D eigenvalue weighted by atomic mass is 32.2. The Labute approximate surface area is 160 Å². The highest BCUT2D eigenvalue weighted by Gasteiger charge is 2.25. The Morgan fingerprint density at radius 3 is 2.81 bits per heavy atom. The van der Waals surface area contributed by atoms with Gasteiger partial charge < -0.3 is 24.9 Å². The average molecular weight is 385 g/mol. The van der Waals surface area contributed by atoms with Gasteiger partial charge in [-0.1, -0.05) is 0 Å². The number of aliphatic hydroxyl groups is 1. The lowest BCUT2D eigenvalue weighted by atomic mass is 10.1. The van der Waals surface area contributed by atoms with Crippen molar-refractivity contribution in [2.45, 2.75) is 18.9 Å². The first-order valence-corrected chi connectivity index (χ1v) is 10.5. The summed E-state index contributed by atoms with van der Waals surface area (Å²) < 4.78 is 10.7. The molecule has 1 aliphatic heterocycles. The summed E-state index contributed by atoms with van der Waals surface area (Å²) >= 11 is 1.78. The number of furan rings is 1. The minimum Gasteiger partial charge on any atom is -0.469 e. The lowest BCUT2D eigenvalue weighted by Gasteiger charge is -2.33. The number of hydrogen-bond donors (Lipinski definition) is 3. The molecular weight excluding hydrogens is 352 g/mol. The highest BCUT2D eigenvalue weighted by Crippen LogP contribution is 2.09. The molecule has 1 fully saturated rings. The number of rotatable bonds is 10. The fraction of sp³-hybridized carbons (Fsp3) is 0.722. The van der Waals surface area contributed by atoms with E-state index in [4.69, 9.17) is 9.15 Å². The Morgan fingerprint density at radius 2 is 2.12 bits per heavy atom. The van der Waals surface area contributed by atoms with Crippen LogP contribution in [-0.2, 0) is 11.2 Å². The lowest BCUT2D eigenvalue weighted by molar-refractivity contribution is -0.0179. The van der Waals surface area contributed by atoms with E-state index in [0.29, 0.717) is 13.1 Å². The van der Waals surface area contributed by atoms with Crippen molar-refractivity contribution in [1.29, 1.82) is 0 Å². The summed E-state index contributed by atoms with van der Waals surface area (Å²) in [5.41, 5.74) is -0.869. The van der Waals surface area contributed by atoms with Gasteiger partial charge in [0.2, 0.25) is 0 Å². The van der Waals surface area contributed by atoms with E-state index in [1.807, 2.05) is 19.1 Å². The Hall–Kier alpha value is -1.22. The van der Waals surface area contributed by atoms with E-state index >= 15 is 0 Å². The molecule has 1 aromatic rings. The summed E-state index contributed by atoms with van der Waals surface area (Å²) in [5, 5.41) is 17.3. The molecule has 2 rings (SSSR count). The maximum atomic E-state index is 10.7. The largest absolute Gasteiger partial charge is 0.469 e. The number of nitrogens with one attached hydrogen (secondary N) is 2. The first-order chi connectivity index (χ1) is 12.6. The van der Waals surface area contributed by atoms with Gasteiger partial charge in [0.05, 0.1) is 31.6 Å². The predicted octanol–water partition coefficient (Wildman–Crippen LogP) is 0.804. The van der Waals surface area contributed by atoms with E-state index in [1.54, 1.807) is 18.0 Å². The van der Waals surface area contributed by atoms with Crippen molar-refractivity contribution in [3.63, 3.8) is 0 Å². The van der Waals surface area contributed by atoms with Gasteiger partial charge in [0.25, 0.3) is 0 Å². The molecule has 0 aliphatic carbocycles. The van der Waals surface area contributed by atoms with Gasteiger partial charge in [-0.05, 0) is 25.3 Å². The molecule has 26 heavy (non-hydrogen) atoms. The Balaban J connectivity index is 1.82. The fourth-order valence-corrected chi connectivity index (χ4v) is 3.05. The third-order valence-electron chi connectivity index (χ3n) is 4.09. The van der Waals surface area contributed by atoms with Crippen LogP contribution in [0.5, 0.6) is 0 Å². The van der Waals surface area contributed by atoms with Gasteiger partial charge in [-0.15, -0.1) is 0 Å². The molecule has 0 bridgehead atoms.